The van der Waals surface area contributed by atoms with E-state index in [2.05, 4.69) is 12.2 Å². The van der Waals surface area contributed by atoms with Crippen LogP contribution in [0, 0.1) is 6.92 Å². The van der Waals surface area contributed by atoms with Crippen molar-refractivity contribution in [1.82, 2.24) is 10.2 Å². The summed E-state index contributed by atoms with van der Waals surface area (Å²) in [5.41, 5.74) is 0. The van der Waals surface area contributed by atoms with Crippen molar-refractivity contribution in [2.75, 3.05) is 19.6 Å². The van der Waals surface area contributed by atoms with E-state index in [0.29, 0.717) is 6.54 Å². The predicted octanol–water partition coefficient (Wildman–Crippen LogP) is 0.626. The number of urea groups is 1. The molecule has 1 heterocycles. The van der Waals surface area contributed by atoms with Gasteiger partial charge in [-0.05, 0) is 19.8 Å². The van der Waals surface area contributed by atoms with Crippen LogP contribution in [0.2, 0.25) is 0 Å². The van der Waals surface area contributed by atoms with Crippen LogP contribution in [0.25, 0.3) is 0 Å². The molecule has 0 atom stereocenters. The molecule has 10 heavy (non-hydrogen) atoms. The zero-order chi connectivity index (χ0) is 7.40. The van der Waals surface area contributed by atoms with E-state index in [-0.39, 0.29) is 6.03 Å². The summed E-state index contributed by atoms with van der Waals surface area (Å²) in [5, 5.41) is 2.66. The second-order valence-corrected chi connectivity index (χ2v) is 2.43. The fourth-order valence-electron chi connectivity index (χ4n) is 1.14. The maximum Gasteiger partial charge on any atom is 0.317 e. The molecule has 57 valence electrons. The highest BCUT2D eigenvalue weighted by Gasteiger charge is 2.15. The van der Waals surface area contributed by atoms with Crippen LogP contribution in [0.5, 0.6) is 0 Å². The number of nitrogens with one attached hydrogen (secondary N) is 1. The molecule has 0 unspecified atom stereocenters. The summed E-state index contributed by atoms with van der Waals surface area (Å²) in [5.74, 6) is 0. The van der Waals surface area contributed by atoms with Gasteiger partial charge in [-0.3, -0.25) is 0 Å². The summed E-state index contributed by atoms with van der Waals surface area (Å²) in [6.07, 6.45) is 2.29. The highest BCUT2D eigenvalue weighted by molar-refractivity contribution is 5.74. The van der Waals surface area contributed by atoms with Gasteiger partial charge >= 0.3 is 6.03 Å². The Morgan fingerprint density at radius 2 is 2.10 bits per heavy atom. The molecule has 1 aliphatic heterocycles. The van der Waals surface area contributed by atoms with Gasteiger partial charge in [-0.1, -0.05) is 0 Å². The van der Waals surface area contributed by atoms with E-state index in [4.69, 9.17) is 0 Å². The van der Waals surface area contributed by atoms with Crippen molar-refractivity contribution < 1.29 is 4.79 Å². The lowest BCUT2D eigenvalue weighted by Crippen LogP contribution is -2.37. The molecule has 1 rings (SSSR count). The number of rotatable bonds is 1. The van der Waals surface area contributed by atoms with E-state index in [1.54, 1.807) is 0 Å². The molecule has 1 N–H and O–H groups in total. The molecule has 0 aliphatic carbocycles. The van der Waals surface area contributed by atoms with Crippen LogP contribution in [0.1, 0.15) is 12.8 Å². The summed E-state index contributed by atoms with van der Waals surface area (Å²) in [6, 6.07) is 0.0347. The van der Waals surface area contributed by atoms with Gasteiger partial charge in [0.05, 0.1) is 0 Å². The van der Waals surface area contributed by atoms with Crippen molar-refractivity contribution in [3.05, 3.63) is 6.92 Å². The van der Waals surface area contributed by atoms with Crippen LogP contribution in [0.4, 0.5) is 4.79 Å². The minimum atomic E-state index is 0.0347. The lowest BCUT2D eigenvalue weighted by atomic mass is 10.4. The van der Waals surface area contributed by atoms with Crippen molar-refractivity contribution in [2.24, 2.45) is 0 Å². The minimum absolute atomic E-state index is 0.0347. The van der Waals surface area contributed by atoms with E-state index < -0.39 is 0 Å². The van der Waals surface area contributed by atoms with Crippen LogP contribution >= 0.6 is 0 Å². The van der Waals surface area contributed by atoms with Gasteiger partial charge in [0.25, 0.3) is 0 Å². The molecule has 1 aliphatic rings. The summed E-state index contributed by atoms with van der Waals surface area (Å²) in [4.78, 5) is 12.8. The number of hydrogen-bond donors (Lipinski definition) is 1. The SMILES string of the molecule is [CH2]CNC(=O)N1CCCC1. The Bertz CT molecular complexity index is 119. The van der Waals surface area contributed by atoms with Crippen LogP contribution < -0.4 is 5.32 Å². The second-order valence-electron chi connectivity index (χ2n) is 2.43. The molecule has 3 heteroatoms. The monoisotopic (exact) mass is 141 g/mol. The van der Waals surface area contributed by atoms with Gasteiger partial charge in [0, 0.05) is 19.6 Å². The molecule has 0 bridgehead atoms. The summed E-state index contributed by atoms with van der Waals surface area (Å²) < 4.78 is 0. The topological polar surface area (TPSA) is 32.3 Å². The summed E-state index contributed by atoms with van der Waals surface area (Å²) in [7, 11) is 0. The Balaban J connectivity index is 2.25. The fraction of sp³-hybridized carbons (Fsp3) is 0.714. The molecular formula is C7H13N2O. The molecule has 2 amide bonds. The molecule has 0 aromatic rings. The molecule has 1 saturated heterocycles. The third kappa shape index (κ3) is 1.62. The Labute approximate surface area is 61.4 Å². The Kier molecular flexibility index (Phi) is 2.54. The van der Waals surface area contributed by atoms with Crippen molar-refractivity contribution in [2.45, 2.75) is 12.8 Å². The van der Waals surface area contributed by atoms with E-state index in [0.717, 1.165) is 25.9 Å². The largest absolute Gasteiger partial charge is 0.338 e. The third-order valence-electron chi connectivity index (χ3n) is 1.67. The maximum absolute atomic E-state index is 11.0. The maximum atomic E-state index is 11.0. The molecular weight excluding hydrogens is 128 g/mol. The van der Waals surface area contributed by atoms with Gasteiger partial charge in [-0.2, -0.15) is 0 Å². The van der Waals surface area contributed by atoms with Crippen LogP contribution in [-0.4, -0.2) is 30.6 Å². The first kappa shape index (κ1) is 7.38. The number of amides is 2. The van der Waals surface area contributed by atoms with Gasteiger partial charge in [0.15, 0.2) is 0 Å². The van der Waals surface area contributed by atoms with Gasteiger partial charge < -0.3 is 10.2 Å². The smallest absolute Gasteiger partial charge is 0.317 e. The first-order chi connectivity index (χ1) is 4.84. The first-order valence-corrected chi connectivity index (χ1v) is 3.66. The Morgan fingerprint density at radius 1 is 1.50 bits per heavy atom. The minimum Gasteiger partial charge on any atom is -0.338 e. The predicted molar refractivity (Wildman–Crippen MR) is 39.6 cm³/mol. The summed E-state index contributed by atoms with van der Waals surface area (Å²) in [6.45, 7) is 5.84. The number of nitrogens with zero attached hydrogens (tertiary/aromatic N) is 1. The van der Waals surface area contributed by atoms with Crippen molar-refractivity contribution in [3.63, 3.8) is 0 Å². The van der Waals surface area contributed by atoms with Crippen molar-refractivity contribution >= 4 is 6.03 Å². The van der Waals surface area contributed by atoms with Gasteiger partial charge in [0.2, 0.25) is 0 Å². The van der Waals surface area contributed by atoms with E-state index >= 15 is 0 Å². The second kappa shape index (κ2) is 3.44. The molecule has 3 nitrogen and oxygen atoms in total. The average Bonchev–Trinajstić information content (AvgIpc) is 2.38. The van der Waals surface area contributed by atoms with Crippen LogP contribution in [0.15, 0.2) is 0 Å². The van der Waals surface area contributed by atoms with E-state index in [9.17, 15) is 4.79 Å². The van der Waals surface area contributed by atoms with Gasteiger partial charge in [-0.15, -0.1) is 0 Å². The molecule has 1 radical (unpaired) electrons. The quantitative estimate of drug-likeness (QED) is 0.570. The highest BCUT2D eigenvalue weighted by atomic mass is 16.2. The fourth-order valence-corrected chi connectivity index (χ4v) is 1.14. The average molecular weight is 141 g/mol. The van der Waals surface area contributed by atoms with E-state index in [1.165, 1.54) is 0 Å². The molecule has 1 fully saturated rings. The lowest BCUT2D eigenvalue weighted by molar-refractivity contribution is 0.210. The molecule has 0 aromatic heterocycles. The highest BCUT2D eigenvalue weighted by Crippen LogP contribution is 2.06. The molecule has 0 aromatic carbocycles. The summed E-state index contributed by atoms with van der Waals surface area (Å²) >= 11 is 0. The van der Waals surface area contributed by atoms with Crippen molar-refractivity contribution in [3.8, 4) is 0 Å². The Morgan fingerprint density at radius 3 is 2.60 bits per heavy atom. The molecule has 0 spiro atoms. The third-order valence-corrected chi connectivity index (χ3v) is 1.67. The van der Waals surface area contributed by atoms with Crippen LogP contribution in [-0.2, 0) is 0 Å². The number of carbonyl (C=O) groups excluding carboxylic acids is 1. The number of likely N-dealkylation sites (tertiary alicyclic amines) is 1. The standard InChI is InChI=1S/C7H13N2O/c1-2-8-7(10)9-5-3-4-6-9/h1-6H2,(H,8,10). The van der Waals surface area contributed by atoms with Crippen molar-refractivity contribution in [1.29, 1.82) is 0 Å². The lowest BCUT2D eigenvalue weighted by Gasteiger charge is -2.14. The number of hydrogen-bond acceptors (Lipinski definition) is 1. The molecule has 0 saturated carbocycles. The zero-order valence-corrected chi connectivity index (χ0v) is 6.10. The van der Waals surface area contributed by atoms with E-state index in [1.807, 2.05) is 4.90 Å². The van der Waals surface area contributed by atoms with Crippen LogP contribution in [0.3, 0.4) is 0 Å². The number of carbonyl (C=O) groups is 1. The Hall–Kier alpha value is -0.730. The first-order valence-electron chi connectivity index (χ1n) is 3.66. The van der Waals surface area contributed by atoms with Gasteiger partial charge in [-0.25, -0.2) is 4.79 Å². The zero-order valence-electron chi connectivity index (χ0n) is 6.10. The normalized spacial score (nSPS) is 17.5. The van der Waals surface area contributed by atoms with Gasteiger partial charge in [0.1, 0.15) is 0 Å².